The number of carbonyl (C=O) groups is 2. The number of phenols is 3. The molecule has 0 saturated heterocycles. The van der Waals surface area contributed by atoms with Gasteiger partial charge in [0.05, 0.1) is 0 Å². The molecule has 1 atom stereocenters. The lowest BCUT2D eigenvalue weighted by molar-refractivity contribution is -0.0132. The summed E-state index contributed by atoms with van der Waals surface area (Å²) in [6.07, 6.45) is 0.271. The van der Waals surface area contributed by atoms with Crippen molar-refractivity contribution in [1.29, 1.82) is 0 Å². The third-order valence-corrected chi connectivity index (χ3v) is 6.70. The first-order valence-electron chi connectivity index (χ1n) is 11.7. The molecule has 0 spiro atoms. The molecule has 7 nitrogen and oxygen atoms in total. The quantitative estimate of drug-likeness (QED) is 0.243. The van der Waals surface area contributed by atoms with Crippen molar-refractivity contribution in [3.63, 3.8) is 0 Å². The Hall–Kier alpha value is -5.00. The zero-order chi connectivity index (χ0) is 26.3. The zero-order valence-corrected chi connectivity index (χ0v) is 19.8. The minimum Gasteiger partial charge on any atom is -0.508 e. The second kappa shape index (κ2) is 9.22. The van der Waals surface area contributed by atoms with Crippen LogP contribution in [0.4, 0.5) is 0 Å². The van der Waals surface area contributed by atoms with Gasteiger partial charge in [0.2, 0.25) is 0 Å². The fraction of sp³-hybridized carbons (Fsp3) is 0.100. The summed E-state index contributed by atoms with van der Waals surface area (Å²) in [5, 5.41) is 29.8. The van der Waals surface area contributed by atoms with Crippen LogP contribution in [0.3, 0.4) is 0 Å². The molecule has 1 unspecified atom stereocenters. The van der Waals surface area contributed by atoms with Gasteiger partial charge in [-0.2, -0.15) is 4.79 Å². The Morgan fingerprint density at radius 3 is 1.59 bits per heavy atom. The fourth-order valence-corrected chi connectivity index (χ4v) is 4.92. The van der Waals surface area contributed by atoms with E-state index in [1.807, 2.05) is 0 Å². The second-order valence-corrected chi connectivity index (χ2v) is 8.88. The van der Waals surface area contributed by atoms with E-state index in [9.17, 15) is 30.4 Å². The Morgan fingerprint density at radius 1 is 0.676 bits per heavy atom. The summed E-state index contributed by atoms with van der Waals surface area (Å²) in [6, 6.07) is 20.9. The van der Waals surface area contributed by atoms with E-state index in [1.54, 1.807) is 49.4 Å². The highest BCUT2D eigenvalue weighted by atomic mass is 16.3. The highest BCUT2D eigenvalue weighted by Crippen LogP contribution is 2.46. The third kappa shape index (κ3) is 3.97. The summed E-state index contributed by atoms with van der Waals surface area (Å²) in [4.78, 5) is 30.7. The van der Waals surface area contributed by atoms with E-state index in [4.69, 9.17) is 0 Å². The van der Waals surface area contributed by atoms with Crippen molar-refractivity contribution in [1.82, 2.24) is 0 Å². The molecule has 1 aliphatic rings. The molecule has 0 fully saturated rings. The van der Waals surface area contributed by atoms with Crippen LogP contribution in [-0.4, -0.2) is 37.4 Å². The average Bonchev–Trinajstić information content (AvgIpc) is 2.91. The largest absolute Gasteiger partial charge is 0.508 e. The van der Waals surface area contributed by atoms with E-state index in [-0.39, 0.29) is 46.3 Å². The molecule has 1 aliphatic carbocycles. The number of ketones is 2. The Bertz CT molecular complexity index is 1600. The van der Waals surface area contributed by atoms with Gasteiger partial charge in [0, 0.05) is 16.7 Å². The molecule has 0 heterocycles. The molecule has 4 aromatic rings. The van der Waals surface area contributed by atoms with Gasteiger partial charge in [-0.25, -0.2) is 0 Å². The molecule has 0 radical (unpaired) electrons. The van der Waals surface area contributed by atoms with Gasteiger partial charge in [-0.3, -0.25) is 9.59 Å². The van der Waals surface area contributed by atoms with Crippen molar-refractivity contribution in [3.8, 4) is 50.6 Å². The lowest BCUT2D eigenvalue weighted by Crippen LogP contribution is -2.38. The predicted octanol–water partition coefficient (Wildman–Crippen LogP) is 5.88. The van der Waals surface area contributed by atoms with Crippen LogP contribution in [0.1, 0.15) is 34.1 Å². The molecule has 0 aromatic heterocycles. The van der Waals surface area contributed by atoms with Crippen LogP contribution in [0.15, 0.2) is 78.9 Å². The van der Waals surface area contributed by atoms with Crippen molar-refractivity contribution >= 4 is 17.3 Å². The molecule has 0 amide bonds. The minimum absolute atomic E-state index is 0.0435. The van der Waals surface area contributed by atoms with Gasteiger partial charge >= 0.3 is 5.71 Å². The topological polar surface area (TPSA) is 131 Å². The van der Waals surface area contributed by atoms with Crippen molar-refractivity contribution < 1.29 is 29.7 Å². The number of nitrogens with zero attached hydrogens (tertiary/aromatic N) is 2. The summed E-state index contributed by atoms with van der Waals surface area (Å²) >= 11 is 0. The Labute approximate surface area is 212 Å². The molecular formula is C30H22N2O5. The lowest BCUT2D eigenvalue weighted by atomic mass is 9.72. The maximum atomic E-state index is 13.9. The molecular weight excluding hydrogens is 468 g/mol. The number of hydrogen-bond acceptors (Lipinski definition) is 5. The summed E-state index contributed by atoms with van der Waals surface area (Å²) in [7, 11) is 0. The molecule has 4 aromatic carbocycles. The number of Topliss-reactive ketones (excluding diaryl/α,β-unsaturated/α-hetero) is 2. The number of aromatic hydroxyl groups is 3. The molecule has 0 bridgehead atoms. The summed E-state index contributed by atoms with van der Waals surface area (Å²) in [6.45, 7) is 1.75. The molecule has 0 saturated carbocycles. The standard InChI is InChI=1S/C30H22N2O5/c1-2-22-28(32-31)30(37)24-15-23(16-3-9-19(33)10-4-16)25(17-5-11-20(34)12-6-17)26(27(24)29(22)36)18-7-13-21(35)14-8-18/h3-15,22,33-35H,2H2,1H3. The second-order valence-electron chi connectivity index (χ2n) is 8.88. The van der Waals surface area contributed by atoms with E-state index < -0.39 is 11.7 Å². The SMILES string of the molecule is CCC1C(=O)c2c(cc(-c3ccc(O)cc3)c(-c3ccc(O)cc3)c2-c2ccc(O)cc2)C(=O)C1=[N+]=[N-]. The summed E-state index contributed by atoms with van der Waals surface area (Å²) < 4.78 is 0. The van der Waals surface area contributed by atoms with Crippen molar-refractivity contribution in [2.75, 3.05) is 0 Å². The Kier molecular flexibility index (Phi) is 5.91. The van der Waals surface area contributed by atoms with Gasteiger partial charge in [0.15, 0.2) is 5.78 Å². The van der Waals surface area contributed by atoms with E-state index in [2.05, 4.69) is 4.79 Å². The molecule has 182 valence electrons. The number of phenolic OH excluding ortho intramolecular Hbond substituents is 3. The highest BCUT2D eigenvalue weighted by molar-refractivity contribution is 6.52. The third-order valence-electron chi connectivity index (χ3n) is 6.70. The highest BCUT2D eigenvalue weighted by Gasteiger charge is 2.45. The molecule has 7 heteroatoms. The van der Waals surface area contributed by atoms with E-state index in [0.717, 1.165) is 0 Å². The van der Waals surface area contributed by atoms with Crippen LogP contribution in [-0.2, 0) is 0 Å². The normalized spacial score (nSPS) is 14.8. The van der Waals surface area contributed by atoms with Crippen LogP contribution in [0.2, 0.25) is 0 Å². The smallest absolute Gasteiger partial charge is 0.350 e. The van der Waals surface area contributed by atoms with E-state index >= 15 is 0 Å². The Balaban J connectivity index is 1.98. The maximum Gasteiger partial charge on any atom is 0.350 e. The predicted molar refractivity (Wildman–Crippen MR) is 139 cm³/mol. The zero-order valence-electron chi connectivity index (χ0n) is 19.8. The van der Waals surface area contributed by atoms with Gasteiger partial charge in [0.1, 0.15) is 23.2 Å². The first-order chi connectivity index (χ1) is 17.8. The average molecular weight is 491 g/mol. The lowest BCUT2D eigenvalue weighted by Gasteiger charge is -2.26. The molecule has 5 rings (SSSR count). The fourth-order valence-electron chi connectivity index (χ4n) is 4.92. The van der Waals surface area contributed by atoms with Crippen LogP contribution in [0.25, 0.3) is 38.9 Å². The summed E-state index contributed by atoms with van der Waals surface area (Å²) in [5.74, 6) is -1.61. The first-order valence-corrected chi connectivity index (χ1v) is 11.7. The van der Waals surface area contributed by atoms with Gasteiger partial charge < -0.3 is 20.9 Å². The number of rotatable bonds is 4. The van der Waals surface area contributed by atoms with Crippen LogP contribution < -0.4 is 0 Å². The minimum atomic E-state index is -0.909. The van der Waals surface area contributed by atoms with Crippen molar-refractivity contribution in [2.45, 2.75) is 13.3 Å². The van der Waals surface area contributed by atoms with Crippen molar-refractivity contribution in [2.24, 2.45) is 5.92 Å². The number of hydrogen-bond donors (Lipinski definition) is 3. The molecule has 37 heavy (non-hydrogen) atoms. The van der Waals surface area contributed by atoms with Gasteiger partial charge in [-0.15, -0.1) is 0 Å². The molecule has 3 N–H and O–H groups in total. The van der Waals surface area contributed by atoms with Crippen LogP contribution >= 0.6 is 0 Å². The van der Waals surface area contributed by atoms with Gasteiger partial charge in [0.25, 0.3) is 5.78 Å². The van der Waals surface area contributed by atoms with Gasteiger partial charge in [-0.1, -0.05) is 43.3 Å². The number of benzene rings is 4. The monoisotopic (exact) mass is 490 g/mol. The van der Waals surface area contributed by atoms with E-state index in [1.165, 1.54) is 36.4 Å². The van der Waals surface area contributed by atoms with E-state index in [0.29, 0.717) is 33.4 Å². The van der Waals surface area contributed by atoms with Crippen LogP contribution in [0.5, 0.6) is 17.2 Å². The van der Waals surface area contributed by atoms with Crippen molar-refractivity contribution in [3.05, 3.63) is 95.5 Å². The summed E-state index contributed by atoms with van der Waals surface area (Å²) in [5.41, 5.74) is 13.4. The number of carbonyl (C=O) groups excluding carboxylic acids is 2. The van der Waals surface area contributed by atoms with Crippen LogP contribution in [0, 0.1) is 5.92 Å². The van der Waals surface area contributed by atoms with Gasteiger partial charge in [-0.05, 0) is 76.7 Å². The first kappa shape index (κ1) is 23.7. The molecule has 0 aliphatic heterocycles. The maximum absolute atomic E-state index is 13.9. The number of fused-ring (bicyclic) bond motifs is 1. The Morgan fingerprint density at radius 2 is 1.14 bits per heavy atom.